The van der Waals surface area contributed by atoms with Gasteiger partial charge in [-0.1, -0.05) is 45.2 Å². The van der Waals surface area contributed by atoms with E-state index in [4.69, 9.17) is 27.9 Å². The number of aliphatic hydroxyl groups excluding tert-OH is 1. The Morgan fingerprint density at radius 2 is 1.90 bits per heavy atom. The number of halogens is 4. The largest absolute Gasteiger partial charge is 0.487 e. The van der Waals surface area contributed by atoms with Crippen LogP contribution in [0.5, 0.6) is 5.75 Å². The number of benzene rings is 2. The Kier molecular flexibility index (Phi) is 5.27. The molecular weight excluding hydrogens is 370 g/mol. The van der Waals surface area contributed by atoms with Crippen LogP contribution in [0.1, 0.15) is 11.1 Å². The summed E-state index contributed by atoms with van der Waals surface area (Å²) in [6.45, 7) is -0.0462. The van der Waals surface area contributed by atoms with Crippen LogP contribution in [-0.2, 0) is 13.2 Å². The molecule has 0 fully saturated rings. The highest BCUT2D eigenvalue weighted by molar-refractivity contribution is 9.10. The number of aliphatic hydroxyl groups is 1. The fraction of sp³-hybridized carbons (Fsp3) is 0.143. The predicted octanol–water partition coefficient (Wildman–Crippen LogP) is 4.97. The van der Waals surface area contributed by atoms with Gasteiger partial charge in [0, 0.05) is 20.6 Å². The van der Waals surface area contributed by atoms with Crippen molar-refractivity contribution in [1.29, 1.82) is 0 Å². The summed E-state index contributed by atoms with van der Waals surface area (Å²) in [5, 5.41) is 10.0. The SMILES string of the molecule is OCc1cc(Cl)cc(Cl)c1OCc1ccc(F)cc1Br. The summed E-state index contributed by atoms with van der Waals surface area (Å²) in [6.07, 6.45) is 0. The summed E-state index contributed by atoms with van der Waals surface area (Å²) in [4.78, 5) is 0. The van der Waals surface area contributed by atoms with E-state index in [2.05, 4.69) is 15.9 Å². The number of ether oxygens (including phenoxy) is 1. The second-order valence-corrected chi connectivity index (χ2v) is 5.76. The molecule has 0 bridgehead atoms. The Morgan fingerprint density at radius 1 is 1.15 bits per heavy atom. The topological polar surface area (TPSA) is 29.5 Å². The molecule has 0 aliphatic rings. The van der Waals surface area contributed by atoms with E-state index in [1.165, 1.54) is 18.2 Å². The van der Waals surface area contributed by atoms with E-state index in [1.807, 2.05) is 0 Å². The van der Waals surface area contributed by atoms with Crippen LogP contribution in [0.15, 0.2) is 34.8 Å². The molecule has 0 aromatic heterocycles. The van der Waals surface area contributed by atoms with Gasteiger partial charge in [-0.25, -0.2) is 4.39 Å². The lowest BCUT2D eigenvalue weighted by molar-refractivity contribution is 0.259. The third kappa shape index (κ3) is 3.64. The van der Waals surface area contributed by atoms with Crippen LogP contribution in [0.2, 0.25) is 10.0 Å². The molecule has 0 saturated carbocycles. The van der Waals surface area contributed by atoms with Crippen LogP contribution in [0, 0.1) is 5.82 Å². The van der Waals surface area contributed by atoms with Crippen molar-refractivity contribution in [3.63, 3.8) is 0 Å². The summed E-state index contributed by atoms with van der Waals surface area (Å²) in [6, 6.07) is 7.44. The average molecular weight is 380 g/mol. The fourth-order valence-electron chi connectivity index (χ4n) is 1.68. The van der Waals surface area contributed by atoms with Gasteiger partial charge in [0.2, 0.25) is 0 Å². The van der Waals surface area contributed by atoms with Crippen molar-refractivity contribution in [3.05, 3.63) is 61.8 Å². The second kappa shape index (κ2) is 6.76. The maximum Gasteiger partial charge on any atom is 0.144 e. The molecule has 0 radical (unpaired) electrons. The molecule has 20 heavy (non-hydrogen) atoms. The van der Waals surface area contributed by atoms with Crippen molar-refractivity contribution >= 4 is 39.1 Å². The van der Waals surface area contributed by atoms with E-state index in [-0.39, 0.29) is 19.0 Å². The standard InChI is InChI=1S/C14H10BrCl2FO2/c15-12-5-11(18)2-1-8(12)7-20-14-9(6-19)3-10(16)4-13(14)17/h1-5,19H,6-7H2. The van der Waals surface area contributed by atoms with Crippen LogP contribution < -0.4 is 4.74 Å². The van der Waals surface area contributed by atoms with Gasteiger partial charge < -0.3 is 9.84 Å². The van der Waals surface area contributed by atoms with Crippen molar-refractivity contribution in [2.45, 2.75) is 13.2 Å². The van der Waals surface area contributed by atoms with Crippen molar-refractivity contribution in [3.8, 4) is 5.75 Å². The Balaban J connectivity index is 2.22. The van der Waals surface area contributed by atoms with Gasteiger partial charge >= 0.3 is 0 Å². The van der Waals surface area contributed by atoms with Gasteiger partial charge in [-0.3, -0.25) is 0 Å². The number of hydrogen-bond donors (Lipinski definition) is 1. The molecule has 6 heteroatoms. The van der Waals surface area contributed by atoms with Crippen LogP contribution in [0.4, 0.5) is 4.39 Å². The highest BCUT2D eigenvalue weighted by atomic mass is 79.9. The molecule has 0 atom stereocenters. The van der Waals surface area contributed by atoms with E-state index in [0.717, 1.165) is 5.56 Å². The first-order valence-electron chi connectivity index (χ1n) is 5.66. The van der Waals surface area contributed by atoms with E-state index >= 15 is 0 Å². The molecule has 106 valence electrons. The molecule has 2 aromatic carbocycles. The highest BCUT2D eigenvalue weighted by Crippen LogP contribution is 2.33. The van der Waals surface area contributed by atoms with E-state index in [0.29, 0.717) is 25.8 Å². The molecule has 1 N–H and O–H groups in total. The molecule has 0 aliphatic carbocycles. The molecule has 0 spiro atoms. The van der Waals surface area contributed by atoms with Gasteiger partial charge in [0.05, 0.1) is 11.6 Å². The molecular formula is C14H10BrCl2FO2. The van der Waals surface area contributed by atoms with Crippen molar-refractivity contribution in [2.24, 2.45) is 0 Å². The first-order valence-corrected chi connectivity index (χ1v) is 7.21. The minimum Gasteiger partial charge on any atom is -0.487 e. The van der Waals surface area contributed by atoms with Crippen molar-refractivity contribution < 1.29 is 14.2 Å². The lowest BCUT2D eigenvalue weighted by Crippen LogP contribution is -2.01. The minimum absolute atomic E-state index is 0.190. The molecule has 0 aliphatic heterocycles. The van der Waals surface area contributed by atoms with Crippen molar-refractivity contribution in [1.82, 2.24) is 0 Å². The number of rotatable bonds is 4. The Hall–Kier alpha value is -0.810. The molecule has 2 aromatic rings. The lowest BCUT2D eigenvalue weighted by Gasteiger charge is -2.13. The highest BCUT2D eigenvalue weighted by Gasteiger charge is 2.11. The Morgan fingerprint density at radius 3 is 2.55 bits per heavy atom. The zero-order valence-electron chi connectivity index (χ0n) is 10.2. The van der Waals surface area contributed by atoms with Gasteiger partial charge in [-0.15, -0.1) is 0 Å². The first kappa shape index (κ1) is 15.6. The summed E-state index contributed by atoms with van der Waals surface area (Å²) >= 11 is 15.2. The zero-order chi connectivity index (χ0) is 14.7. The zero-order valence-corrected chi connectivity index (χ0v) is 13.3. The lowest BCUT2D eigenvalue weighted by atomic mass is 10.2. The van der Waals surface area contributed by atoms with Gasteiger partial charge in [0.1, 0.15) is 18.2 Å². The van der Waals surface area contributed by atoms with E-state index in [9.17, 15) is 9.50 Å². The molecule has 2 nitrogen and oxygen atoms in total. The normalized spacial score (nSPS) is 10.7. The fourth-order valence-corrected chi connectivity index (χ4v) is 2.74. The first-order chi connectivity index (χ1) is 9.51. The van der Waals surface area contributed by atoms with Crippen LogP contribution >= 0.6 is 39.1 Å². The van der Waals surface area contributed by atoms with Crippen LogP contribution in [0.25, 0.3) is 0 Å². The third-order valence-corrected chi connectivity index (χ3v) is 3.88. The van der Waals surface area contributed by atoms with Crippen molar-refractivity contribution in [2.75, 3.05) is 0 Å². The molecule has 0 amide bonds. The third-order valence-electron chi connectivity index (χ3n) is 2.64. The molecule has 0 unspecified atom stereocenters. The average Bonchev–Trinajstić information content (AvgIpc) is 2.38. The maximum atomic E-state index is 13.0. The maximum absolute atomic E-state index is 13.0. The quantitative estimate of drug-likeness (QED) is 0.812. The van der Waals surface area contributed by atoms with E-state index in [1.54, 1.807) is 12.1 Å². The summed E-state index contributed by atoms with van der Waals surface area (Å²) in [7, 11) is 0. The predicted molar refractivity (Wildman–Crippen MR) is 80.8 cm³/mol. The minimum atomic E-state index is -0.332. The Bertz CT molecular complexity index is 635. The van der Waals surface area contributed by atoms with Gasteiger partial charge in [0.25, 0.3) is 0 Å². The number of hydrogen-bond acceptors (Lipinski definition) is 2. The monoisotopic (exact) mass is 378 g/mol. The molecule has 0 heterocycles. The summed E-state index contributed by atoms with van der Waals surface area (Å²) in [5.74, 6) is 0.0380. The van der Waals surface area contributed by atoms with Gasteiger partial charge in [-0.05, 0) is 24.3 Å². The van der Waals surface area contributed by atoms with Crippen LogP contribution in [-0.4, -0.2) is 5.11 Å². The molecule has 0 saturated heterocycles. The van der Waals surface area contributed by atoms with E-state index < -0.39 is 0 Å². The molecule has 2 rings (SSSR count). The van der Waals surface area contributed by atoms with Crippen LogP contribution in [0.3, 0.4) is 0 Å². The second-order valence-electron chi connectivity index (χ2n) is 4.06. The van der Waals surface area contributed by atoms with Gasteiger partial charge in [-0.2, -0.15) is 0 Å². The summed E-state index contributed by atoms with van der Waals surface area (Å²) in [5.41, 5.74) is 1.27. The summed E-state index contributed by atoms with van der Waals surface area (Å²) < 4.78 is 19.2. The Labute approximate surface area is 134 Å². The smallest absolute Gasteiger partial charge is 0.144 e. The van der Waals surface area contributed by atoms with Gasteiger partial charge in [0.15, 0.2) is 0 Å².